The number of aromatic nitrogens is 4. The molecule has 0 radical (unpaired) electrons. The summed E-state index contributed by atoms with van der Waals surface area (Å²) in [6.07, 6.45) is 4.63. The number of hydrogen-bond donors (Lipinski definition) is 4. The van der Waals surface area contributed by atoms with Gasteiger partial charge in [0.25, 0.3) is 0 Å². The van der Waals surface area contributed by atoms with Gasteiger partial charge in [0.2, 0.25) is 16.0 Å². The fourth-order valence-corrected chi connectivity index (χ4v) is 5.33. The van der Waals surface area contributed by atoms with Crippen molar-refractivity contribution in [3.63, 3.8) is 0 Å². The minimum absolute atomic E-state index is 0.0937. The quantitative estimate of drug-likeness (QED) is 0.257. The van der Waals surface area contributed by atoms with Crippen molar-refractivity contribution in [3.05, 3.63) is 60.4 Å². The highest BCUT2D eigenvalue weighted by atomic mass is 32.2. The number of nitrogens with zero attached hydrogens (tertiary/aromatic N) is 4. The van der Waals surface area contributed by atoms with Crippen LogP contribution in [0.1, 0.15) is 24.8 Å². The molecule has 2 aromatic heterocycles. The van der Waals surface area contributed by atoms with Crippen LogP contribution in [0.25, 0.3) is 10.9 Å². The van der Waals surface area contributed by atoms with Crippen LogP contribution in [0.2, 0.25) is 0 Å². The van der Waals surface area contributed by atoms with Crippen LogP contribution in [0, 0.1) is 0 Å². The molecule has 0 bridgehead atoms. The Hall–Kier alpha value is -4.03. The Balaban J connectivity index is 1.45. The zero-order valence-corrected chi connectivity index (χ0v) is 19.4. The van der Waals surface area contributed by atoms with Gasteiger partial charge >= 0.3 is 5.97 Å². The number of aliphatic carboxylic acids is 1. The Labute approximate surface area is 201 Å². The first-order chi connectivity index (χ1) is 16.9. The van der Waals surface area contributed by atoms with Crippen LogP contribution < -0.4 is 14.9 Å². The van der Waals surface area contributed by atoms with E-state index >= 15 is 0 Å². The fourth-order valence-electron chi connectivity index (χ4n) is 4.06. The first kappa shape index (κ1) is 22.7. The Morgan fingerprint density at radius 1 is 1.17 bits per heavy atom. The molecule has 0 spiro atoms. The van der Waals surface area contributed by atoms with Crippen LogP contribution in [0.3, 0.4) is 0 Å². The molecule has 0 saturated carbocycles. The van der Waals surface area contributed by atoms with E-state index in [-0.39, 0.29) is 17.9 Å². The van der Waals surface area contributed by atoms with Gasteiger partial charge in [-0.05, 0) is 48.7 Å². The average molecular weight is 494 g/mol. The summed E-state index contributed by atoms with van der Waals surface area (Å²) < 4.78 is 26.9. The number of benzene rings is 2. The lowest BCUT2D eigenvalue weighted by Crippen LogP contribution is -2.20. The van der Waals surface area contributed by atoms with E-state index in [1.807, 2.05) is 23.1 Å². The molecule has 11 nitrogen and oxygen atoms in total. The van der Waals surface area contributed by atoms with E-state index in [4.69, 9.17) is 5.11 Å². The Morgan fingerprint density at radius 3 is 2.91 bits per heavy atom. The van der Waals surface area contributed by atoms with Crippen LogP contribution in [0.4, 0.5) is 23.1 Å². The lowest BCUT2D eigenvalue weighted by atomic mass is 10.1. The minimum atomic E-state index is -3.50. The van der Waals surface area contributed by atoms with E-state index in [9.17, 15) is 13.2 Å². The van der Waals surface area contributed by atoms with Crippen LogP contribution in [-0.4, -0.2) is 46.2 Å². The second-order valence-corrected chi connectivity index (χ2v) is 9.86. The second kappa shape index (κ2) is 9.31. The molecule has 35 heavy (non-hydrogen) atoms. The average Bonchev–Trinajstić information content (AvgIpc) is 3.43. The SMILES string of the molecule is O=C(O)CCCCN(c1ccnc(Nc2ccc3c(c2)S(=O)(=O)NC3)n1)c1cccc2[nH]ncc12. The predicted octanol–water partition coefficient (Wildman–Crippen LogP) is 3.28. The highest BCUT2D eigenvalue weighted by molar-refractivity contribution is 7.89. The number of sulfonamides is 1. The van der Waals surface area contributed by atoms with Gasteiger partial charge in [-0.3, -0.25) is 9.89 Å². The summed E-state index contributed by atoms with van der Waals surface area (Å²) in [5.74, 6) is 0.0938. The summed E-state index contributed by atoms with van der Waals surface area (Å²) in [5.41, 5.74) is 3.02. The van der Waals surface area contributed by atoms with Crippen LogP contribution >= 0.6 is 0 Å². The molecule has 12 heteroatoms. The summed E-state index contributed by atoms with van der Waals surface area (Å²) in [7, 11) is -3.50. The zero-order chi connectivity index (χ0) is 24.4. The lowest BCUT2D eigenvalue weighted by molar-refractivity contribution is -0.137. The summed E-state index contributed by atoms with van der Waals surface area (Å²) in [4.78, 5) is 22.2. The van der Waals surface area contributed by atoms with Crippen molar-refractivity contribution >= 4 is 50.0 Å². The minimum Gasteiger partial charge on any atom is -0.481 e. The van der Waals surface area contributed by atoms with Crippen LogP contribution in [0.5, 0.6) is 0 Å². The molecule has 0 saturated heterocycles. The van der Waals surface area contributed by atoms with Gasteiger partial charge in [0.05, 0.1) is 22.3 Å². The zero-order valence-electron chi connectivity index (χ0n) is 18.6. The third-order valence-electron chi connectivity index (χ3n) is 5.76. The maximum Gasteiger partial charge on any atom is 0.303 e. The third kappa shape index (κ3) is 4.79. The van der Waals surface area contributed by atoms with E-state index in [1.54, 1.807) is 36.7 Å². The second-order valence-electron chi connectivity index (χ2n) is 8.12. The van der Waals surface area contributed by atoms with E-state index in [0.717, 1.165) is 16.6 Å². The third-order valence-corrected chi connectivity index (χ3v) is 7.24. The number of aromatic amines is 1. The summed E-state index contributed by atoms with van der Waals surface area (Å²) in [6.45, 7) is 0.817. The standard InChI is InChI=1S/C23H23N7O4S/c31-22(32)6-1-2-11-30(19-5-3-4-18-17(19)14-25-29-18)21-9-10-24-23(28-21)27-16-8-7-15-13-26-35(33,34)20(15)12-16/h3-5,7-10,12,14,26H,1-2,6,11,13H2,(H,25,29)(H,31,32)(H,24,27,28). The Kier molecular flexibility index (Phi) is 6.05. The van der Waals surface area contributed by atoms with Gasteiger partial charge in [0.1, 0.15) is 5.82 Å². The molecule has 0 atom stereocenters. The molecule has 4 aromatic rings. The van der Waals surface area contributed by atoms with Gasteiger partial charge in [-0.2, -0.15) is 10.1 Å². The number of H-pyrrole nitrogens is 1. The lowest BCUT2D eigenvalue weighted by Gasteiger charge is -2.25. The maximum absolute atomic E-state index is 12.2. The molecule has 1 aliphatic heterocycles. The van der Waals surface area contributed by atoms with Gasteiger partial charge in [0.15, 0.2) is 0 Å². The fraction of sp³-hybridized carbons (Fsp3) is 0.217. The molecule has 2 aromatic carbocycles. The largest absolute Gasteiger partial charge is 0.481 e. The van der Waals surface area contributed by atoms with Crippen molar-refractivity contribution in [2.24, 2.45) is 0 Å². The topological polar surface area (TPSA) is 153 Å². The molecule has 180 valence electrons. The molecule has 0 aliphatic carbocycles. The highest BCUT2D eigenvalue weighted by Gasteiger charge is 2.25. The van der Waals surface area contributed by atoms with E-state index < -0.39 is 16.0 Å². The van der Waals surface area contributed by atoms with Crippen LogP contribution in [0.15, 0.2) is 59.8 Å². The van der Waals surface area contributed by atoms with Crippen molar-refractivity contribution in [2.45, 2.75) is 30.7 Å². The number of rotatable bonds is 9. The highest BCUT2D eigenvalue weighted by Crippen LogP contribution is 2.32. The number of nitrogens with one attached hydrogen (secondary N) is 3. The Morgan fingerprint density at radius 2 is 2.06 bits per heavy atom. The number of hydrogen-bond acceptors (Lipinski definition) is 8. The van der Waals surface area contributed by atoms with Gasteiger partial charge in [-0.1, -0.05) is 12.1 Å². The van der Waals surface area contributed by atoms with Gasteiger partial charge in [-0.15, -0.1) is 0 Å². The van der Waals surface area contributed by atoms with Crippen molar-refractivity contribution in [1.82, 2.24) is 24.9 Å². The molecule has 5 rings (SSSR count). The van der Waals surface area contributed by atoms with Crippen molar-refractivity contribution in [2.75, 3.05) is 16.8 Å². The van der Waals surface area contributed by atoms with E-state index in [2.05, 4.69) is 30.2 Å². The van der Waals surface area contributed by atoms with Crippen LogP contribution in [-0.2, 0) is 21.4 Å². The summed E-state index contributed by atoms with van der Waals surface area (Å²) in [5, 5.41) is 20.1. The monoisotopic (exact) mass is 493 g/mol. The molecular formula is C23H23N7O4S. The summed E-state index contributed by atoms with van der Waals surface area (Å²) in [6, 6.07) is 12.7. The molecule has 3 heterocycles. The maximum atomic E-state index is 12.2. The number of carboxylic acid groups (broad SMARTS) is 1. The Bertz CT molecular complexity index is 1500. The first-order valence-electron chi connectivity index (χ1n) is 11.0. The normalized spacial score (nSPS) is 14.1. The predicted molar refractivity (Wildman–Crippen MR) is 130 cm³/mol. The van der Waals surface area contributed by atoms with E-state index in [1.165, 1.54) is 0 Å². The number of anilines is 4. The van der Waals surface area contributed by atoms with Crippen molar-refractivity contribution in [1.29, 1.82) is 0 Å². The van der Waals surface area contributed by atoms with Gasteiger partial charge < -0.3 is 15.3 Å². The van der Waals surface area contributed by atoms with E-state index in [0.29, 0.717) is 42.4 Å². The van der Waals surface area contributed by atoms with Crippen molar-refractivity contribution < 1.29 is 18.3 Å². The molecule has 4 N–H and O–H groups in total. The number of unbranched alkanes of at least 4 members (excludes halogenated alkanes) is 1. The number of carbonyl (C=O) groups is 1. The number of fused-ring (bicyclic) bond motifs is 2. The van der Waals surface area contributed by atoms with Gasteiger partial charge in [0, 0.05) is 36.8 Å². The molecule has 0 fully saturated rings. The number of carboxylic acids is 1. The molecule has 0 amide bonds. The summed E-state index contributed by atoms with van der Waals surface area (Å²) >= 11 is 0. The van der Waals surface area contributed by atoms with Gasteiger partial charge in [-0.25, -0.2) is 18.1 Å². The molecule has 1 aliphatic rings. The first-order valence-corrected chi connectivity index (χ1v) is 12.5. The molecular weight excluding hydrogens is 470 g/mol. The molecule has 0 unspecified atom stereocenters. The van der Waals surface area contributed by atoms with Crippen molar-refractivity contribution in [3.8, 4) is 0 Å². The smallest absolute Gasteiger partial charge is 0.303 e.